The van der Waals surface area contributed by atoms with Crippen LogP contribution in [-0.2, 0) is 11.3 Å². The van der Waals surface area contributed by atoms with Crippen molar-refractivity contribution in [2.75, 3.05) is 39.7 Å². The first-order chi connectivity index (χ1) is 12.1. The van der Waals surface area contributed by atoms with Crippen LogP contribution in [0, 0.1) is 12.8 Å². The molecule has 1 saturated heterocycles. The van der Waals surface area contributed by atoms with Gasteiger partial charge in [0, 0.05) is 43.5 Å². The molecule has 2 atom stereocenters. The summed E-state index contributed by atoms with van der Waals surface area (Å²) in [6, 6.07) is 6.36. The molecule has 0 amide bonds. The second-order valence-corrected chi connectivity index (χ2v) is 7.78. The van der Waals surface area contributed by atoms with Crippen molar-refractivity contribution in [3.05, 3.63) is 29.3 Å². The second-order valence-electron chi connectivity index (χ2n) is 6.50. The van der Waals surface area contributed by atoms with Crippen LogP contribution in [0.15, 0.2) is 23.2 Å². The second kappa shape index (κ2) is 10.6. The summed E-state index contributed by atoms with van der Waals surface area (Å²) in [6.45, 7) is 8.24. The van der Waals surface area contributed by atoms with Crippen LogP contribution in [0.3, 0.4) is 0 Å². The van der Waals surface area contributed by atoms with Gasteiger partial charge in [0.15, 0.2) is 5.96 Å². The molecule has 6 heteroatoms. The van der Waals surface area contributed by atoms with E-state index >= 15 is 0 Å². The summed E-state index contributed by atoms with van der Waals surface area (Å²) < 4.78 is 11.5. The molecular weight excluding hydrogens is 334 g/mol. The summed E-state index contributed by atoms with van der Waals surface area (Å²) in [6.07, 6.45) is 3.21. The number of hydrogen-bond acceptors (Lipinski definition) is 4. The molecule has 1 aromatic carbocycles. The van der Waals surface area contributed by atoms with Gasteiger partial charge < -0.3 is 20.1 Å². The molecule has 0 bridgehead atoms. The van der Waals surface area contributed by atoms with Gasteiger partial charge in [0.1, 0.15) is 5.75 Å². The van der Waals surface area contributed by atoms with E-state index in [4.69, 9.17) is 9.47 Å². The zero-order chi connectivity index (χ0) is 18.1. The van der Waals surface area contributed by atoms with E-state index in [9.17, 15) is 0 Å². The lowest BCUT2D eigenvalue weighted by Gasteiger charge is -2.17. The molecule has 1 heterocycles. The largest absolute Gasteiger partial charge is 0.493 e. The molecule has 2 rings (SSSR count). The van der Waals surface area contributed by atoms with Gasteiger partial charge in [-0.05, 0) is 31.2 Å². The van der Waals surface area contributed by atoms with Gasteiger partial charge in [-0.25, -0.2) is 0 Å². The van der Waals surface area contributed by atoms with E-state index in [-0.39, 0.29) is 0 Å². The molecule has 1 aromatic rings. The van der Waals surface area contributed by atoms with Gasteiger partial charge in [0.05, 0.1) is 13.2 Å². The van der Waals surface area contributed by atoms with E-state index in [0.29, 0.717) is 24.3 Å². The Bertz CT molecular complexity index is 560. The third-order valence-electron chi connectivity index (χ3n) is 4.35. The van der Waals surface area contributed by atoms with E-state index < -0.39 is 0 Å². The van der Waals surface area contributed by atoms with Gasteiger partial charge in [-0.1, -0.05) is 19.1 Å². The Hall–Kier alpha value is -1.40. The van der Waals surface area contributed by atoms with Gasteiger partial charge in [0.25, 0.3) is 0 Å². The van der Waals surface area contributed by atoms with E-state index in [0.717, 1.165) is 43.5 Å². The molecule has 2 N–H and O–H groups in total. The molecule has 5 nitrogen and oxygen atoms in total. The first-order valence-corrected chi connectivity index (χ1v) is 10.2. The van der Waals surface area contributed by atoms with Gasteiger partial charge in [0.2, 0.25) is 0 Å². The summed E-state index contributed by atoms with van der Waals surface area (Å²) in [5, 5.41) is 7.28. The van der Waals surface area contributed by atoms with Crippen molar-refractivity contribution in [1.82, 2.24) is 10.6 Å². The molecule has 140 valence electrons. The maximum Gasteiger partial charge on any atom is 0.191 e. The van der Waals surface area contributed by atoms with Crippen LogP contribution >= 0.6 is 11.8 Å². The number of aryl methyl sites for hydroxylation is 1. The lowest BCUT2D eigenvalue weighted by Crippen LogP contribution is -2.39. The summed E-state index contributed by atoms with van der Waals surface area (Å²) in [4.78, 5) is 4.29. The fraction of sp³-hybridized carbons (Fsp3) is 0.632. The fourth-order valence-electron chi connectivity index (χ4n) is 2.59. The van der Waals surface area contributed by atoms with Crippen molar-refractivity contribution < 1.29 is 9.47 Å². The number of aliphatic imine (C=N–C) groups is 1. The molecule has 1 aliphatic rings. The number of nitrogens with zero attached hydrogens (tertiary/aromatic N) is 1. The first-order valence-electron chi connectivity index (χ1n) is 8.89. The molecule has 25 heavy (non-hydrogen) atoms. The number of nitrogens with one attached hydrogen (secondary N) is 2. The first kappa shape index (κ1) is 19.9. The van der Waals surface area contributed by atoms with Crippen molar-refractivity contribution in [3.63, 3.8) is 0 Å². The topological polar surface area (TPSA) is 54.9 Å². The predicted octanol–water partition coefficient (Wildman–Crippen LogP) is 2.83. The lowest BCUT2D eigenvalue weighted by atomic mass is 10.1. The van der Waals surface area contributed by atoms with Crippen molar-refractivity contribution in [2.24, 2.45) is 10.9 Å². The number of guanidine groups is 1. The monoisotopic (exact) mass is 365 g/mol. The highest BCUT2D eigenvalue weighted by atomic mass is 32.2. The molecule has 2 unspecified atom stereocenters. The van der Waals surface area contributed by atoms with E-state index in [1.165, 1.54) is 5.56 Å². The Morgan fingerprint density at radius 3 is 2.96 bits per heavy atom. The minimum atomic E-state index is 0.504. The van der Waals surface area contributed by atoms with Crippen LogP contribution < -0.4 is 15.4 Å². The van der Waals surface area contributed by atoms with Gasteiger partial charge in [-0.15, -0.1) is 0 Å². The van der Waals surface area contributed by atoms with Gasteiger partial charge in [-0.2, -0.15) is 11.8 Å². The van der Waals surface area contributed by atoms with E-state index in [1.807, 2.05) is 11.8 Å². The molecule has 1 aliphatic heterocycles. The molecule has 0 aromatic heterocycles. The highest BCUT2D eigenvalue weighted by Gasteiger charge is 2.17. The van der Waals surface area contributed by atoms with Gasteiger partial charge in [-0.3, -0.25) is 4.99 Å². The Kier molecular flexibility index (Phi) is 8.41. The third-order valence-corrected chi connectivity index (χ3v) is 5.32. The predicted molar refractivity (Wildman–Crippen MR) is 107 cm³/mol. The number of rotatable bonds is 8. The van der Waals surface area contributed by atoms with Crippen LogP contribution in [0.25, 0.3) is 0 Å². The maximum absolute atomic E-state index is 6.10. The standard InChI is InChI=1S/C19H31N3O2S/c1-14-5-6-17(11-22-19(20-3)21-10-15(2)25-4)18(9-14)24-13-16-7-8-23-12-16/h5-6,9,15-16H,7-8,10-13H2,1-4H3,(H2,20,21,22). The van der Waals surface area contributed by atoms with Crippen LogP contribution in [0.5, 0.6) is 5.75 Å². The number of thioether (sulfide) groups is 1. The normalized spacial score (nSPS) is 18.9. The zero-order valence-electron chi connectivity index (χ0n) is 15.8. The van der Waals surface area contributed by atoms with E-state index in [2.05, 4.69) is 53.9 Å². The Balaban J connectivity index is 1.91. The highest BCUT2D eigenvalue weighted by Crippen LogP contribution is 2.22. The smallest absolute Gasteiger partial charge is 0.191 e. The van der Waals surface area contributed by atoms with Crippen molar-refractivity contribution in [2.45, 2.75) is 32.1 Å². The minimum Gasteiger partial charge on any atom is -0.493 e. The Morgan fingerprint density at radius 2 is 2.28 bits per heavy atom. The van der Waals surface area contributed by atoms with Crippen molar-refractivity contribution >= 4 is 17.7 Å². The average molecular weight is 366 g/mol. The fourth-order valence-corrected chi connectivity index (χ4v) is 2.84. The lowest BCUT2D eigenvalue weighted by molar-refractivity contribution is 0.166. The number of ether oxygens (including phenoxy) is 2. The van der Waals surface area contributed by atoms with Crippen molar-refractivity contribution in [3.8, 4) is 5.75 Å². The van der Waals surface area contributed by atoms with Crippen molar-refractivity contribution in [1.29, 1.82) is 0 Å². The van der Waals surface area contributed by atoms with Crippen LogP contribution in [0.2, 0.25) is 0 Å². The average Bonchev–Trinajstić information content (AvgIpc) is 3.14. The summed E-state index contributed by atoms with van der Waals surface area (Å²) in [7, 11) is 1.80. The molecule has 0 radical (unpaired) electrons. The van der Waals surface area contributed by atoms with Crippen LogP contribution in [0.4, 0.5) is 0 Å². The molecular formula is C19H31N3O2S. The highest BCUT2D eigenvalue weighted by molar-refractivity contribution is 7.99. The van der Waals surface area contributed by atoms with E-state index in [1.54, 1.807) is 7.05 Å². The van der Waals surface area contributed by atoms with Crippen LogP contribution in [0.1, 0.15) is 24.5 Å². The van der Waals surface area contributed by atoms with Crippen LogP contribution in [-0.4, -0.2) is 50.9 Å². The summed E-state index contributed by atoms with van der Waals surface area (Å²) in [5.41, 5.74) is 2.35. The quantitative estimate of drug-likeness (QED) is 0.548. The Morgan fingerprint density at radius 1 is 1.44 bits per heavy atom. The minimum absolute atomic E-state index is 0.504. The number of hydrogen-bond donors (Lipinski definition) is 2. The van der Waals surface area contributed by atoms with Gasteiger partial charge >= 0.3 is 0 Å². The summed E-state index contributed by atoms with van der Waals surface area (Å²) in [5.74, 6) is 2.27. The summed E-state index contributed by atoms with van der Waals surface area (Å²) >= 11 is 1.84. The number of benzene rings is 1. The Labute approximate surface area is 156 Å². The molecule has 0 saturated carbocycles. The molecule has 0 spiro atoms. The molecule has 1 fully saturated rings. The third kappa shape index (κ3) is 6.78. The SMILES string of the molecule is CN=C(NCc1ccc(C)cc1OCC1CCOC1)NCC(C)SC. The molecule has 0 aliphatic carbocycles. The zero-order valence-corrected chi connectivity index (χ0v) is 16.6. The maximum atomic E-state index is 6.10.